The van der Waals surface area contributed by atoms with Gasteiger partial charge in [0.15, 0.2) is 11.5 Å². The van der Waals surface area contributed by atoms with Crippen molar-refractivity contribution in [3.63, 3.8) is 0 Å². The van der Waals surface area contributed by atoms with Gasteiger partial charge in [0.25, 0.3) is 0 Å². The third kappa shape index (κ3) is 2.23. The number of nitrogens with zero attached hydrogens (tertiary/aromatic N) is 2. The number of nitrogen functional groups attached to an aromatic ring is 1. The van der Waals surface area contributed by atoms with Gasteiger partial charge < -0.3 is 19.8 Å². The first-order chi connectivity index (χ1) is 9.12. The molecule has 0 fully saturated rings. The van der Waals surface area contributed by atoms with Crippen molar-refractivity contribution in [1.82, 2.24) is 9.55 Å². The summed E-state index contributed by atoms with van der Waals surface area (Å²) in [6, 6.07) is 5.67. The van der Waals surface area contributed by atoms with Gasteiger partial charge in [0.05, 0.1) is 14.2 Å². The molecule has 0 radical (unpaired) electrons. The van der Waals surface area contributed by atoms with Crippen molar-refractivity contribution in [2.75, 3.05) is 20.0 Å². The van der Waals surface area contributed by atoms with Gasteiger partial charge in [-0.15, -0.1) is 0 Å². The summed E-state index contributed by atoms with van der Waals surface area (Å²) in [5.74, 6) is 2.98. The molecule has 19 heavy (non-hydrogen) atoms. The van der Waals surface area contributed by atoms with Crippen LogP contribution in [-0.4, -0.2) is 23.8 Å². The van der Waals surface area contributed by atoms with Crippen molar-refractivity contribution in [1.29, 1.82) is 0 Å². The number of hydrogen-bond donors (Lipinski definition) is 1. The minimum absolute atomic E-state index is 0.657. The van der Waals surface area contributed by atoms with Crippen molar-refractivity contribution in [2.45, 2.75) is 13.3 Å². The summed E-state index contributed by atoms with van der Waals surface area (Å²) in [4.78, 5) is 4.57. The normalized spacial score (nSPS) is 10.5. The van der Waals surface area contributed by atoms with Crippen molar-refractivity contribution in [3.05, 3.63) is 24.0 Å². The van der Waals surface area contributed by atoms with Gasteiger partial charge in [0, 0.05) is 19.0 Å². The molecule has 0 unspecified atom stereocenters. The molecule has 2 aromatic rings. The van der Waals surface area contributed by atoms with Crippen molar-refractivity contribution in [3.8, 4) is 22.8 Å². The van der Waals surface area contributed by atoms with Gasteiger partial charge in [-0.25, -0.2) is 4.98 Å². The summed E-state index contributed by atoms with van der Waals surface area (Å²) in [7, 11) is 5.15. The van der Waals surface area contributed by atoms with Crippen LogP contribution in [0, 0.1) is 0 Å². The average Bonchev–Trinajstić information content (AvgIpc) is 2.74. The van der Waals surface area contributed by atoms with E-state index in [0.29, 0.717) is 17.3 Å². The van der Waals surface area contributed by atoms with E-state index in [1.54, 1.807) is 14.2 Å². The smallest absolute Gasteiger partial charge is 0.161 e. The molecule has 102 valence electrons. The van der Waals surface area contributed by atoms with Crippen LogP contribution in [0.4, 0.5) is 5.82 Å². The first-order valence-corrected chi connectivity index (χ1v) is 6.15. The topological polar surface area (TPSA) is 62.3 Å². The van der Waals surface area contributed by atoms with Crippen LogP contribution in [0.25, 0.3) is 11.3 Å². The molecule has 1 aromatic heterocycles. The summed E-state index contributed by atoms with van der Waals surface area (Å²) in [5.41, 5.74) is 7.80. The predicted octanol–water partition coefficient (Wildman–Crippen LogP) is 2.25. The number of benzene rings is 1. The Balaban J connectivity index is 2.53. The lowest BCUT2D eigenvalue weighted by atomic mass is 10.1. The van der Waals surface area contributed by atoms with Gasteiger partial charge in [-0.1, -0.05) is 6.92 Å². The molecule has 0 saturated carbocycles. The van der Waals surface area contributed by atoms with Gasteiger partial charge in [-0.3, -0.25) is 0 Å². The summed E-state index contributed by atoms with van der Waals surface area (Å²) in [5, 5.41) is 0. The van der Waals surface area contributed by atoms with Crippen LogP contribution in [0.2, 0.25) is 0 Å². The van der Waals surface area contributed by atoms with E-state index >= 15 is 0 Å². The number of methoxy groups -OCH3 is 2. The Hall–Kier alpha value is -2.17. The predicted molar refractivity (Wildman–Crippen MR) is 75.5 cm³/mol. The summed E-state index contributed by atoms with van der Waals surface area (Å²) in [6.07, 6.45) is 0.841. The molecular weight excluding hydrogens is 242 g/mol. The van der Waals surface area contributed by atoms with E-state index in [1.807, 2.05) is 29.8 Å². The van der Waals surface area contributed by atoms with Crippen molar-refractivity contribution < 1.29 is 9.47 Å². The van der Waals surface area contributed by atoms with Crippen LogP contribution in [0.15, 0.2) is 18.2 Å². The van der Waals surface area contributed by atoms with E-state index in [-0.39, 0.29) is 0 Å². The van der Waals surface area contributed by atoms with Gasteiger partial charge in [-0.05, 0) is 18.2 Å². The SMILES string of the molecule is CCc1nc(-c2ccc(OC)c(OC)c2)c(N)n1C. The minimum Gasteiger partial charge on any atom is -0.493 e. The van der Waals surface area contributed by atoms with Crippen LogP contribution in [0.3, 0.4) is 0 Å². The molecule has 5 heteroatoms. The zero-order valence-electron chi connectivity index (χ0n) is 11.7. The number of imidazole rings is 1. The summed E-state index contributed by atoms with van der Waals surface area (Å²) >= 11 is 0. The molecule has 2 rings (SSSR count). The van der Waals surface area contributed by atoms with Crippen LogP contribution < -0.4 is 15.2 Å². The Bertz CT molecular complexity index is 591. The molecule has 5 nitrogen and oxygen atoms in total. The van der Waals surface area contributed by atoms with Crippen LogP contribution in [-0.2, 0) is 13.5 Å². The van der Waals surface area contributed by atoms with Gasteiger partial charge in [-0.2, -0.15) is 0 Å². The molecular formula is C14H19N3O2. The lowest BCUT2D eigenvalue weighted by molar-refractivity contribution is 0.355. The lowest BCUT2D eigenvalue weighted by Crippen LogP contribution is -2.00. The first kappa shape index (κ1) is 13.3. The minimum atomic E-state index is 0.657. The molecule has 0 aliphatic heterocycles. The maximum absolute atomic E-state index is 6.10. The molecule has 0 amide bonds. The number of ether oxygens (including phenoxy) is 2. The number of rotatable bonds is 4. The van der Waals surface area contributed by atoms with E-state index in [9.17, 15) is 0 Å². The molecule has 0 spiro atoms. The third-order valence-electron chi connectivity index (χ3n) is 3.21. The van der Waals surface area contributed by atoms with Crippen molar-refractivity contribution in [2.24, 2.45) is 7.05 Å². The van der Waals surface area contributed by atoms with Crippen LogP contribution >= 0.6 is 0 Å². The highest BCUT2D eigenvalue weighted by Gasteiger charge is 2.14. The van der Waals surface area contributed by atoms with Crippen LogP contribution in [0.5, 0.6) is 11.5 Å². The maximum Gasteiger partial charge on any atom is 0.161 e. The number of aromatic nitrogens is 2. The zero-order chi connectivity index (χ0) is 14.0. The number of aryl methyl sites for hydroxylation is 1. The van der Waals surface area contributed by atoms with E-state index in [2.05, 4.69) is 11.9 Å². The third-order valence-corrected chi connectivity index (χ3v) is 3.21. The molecule has 0 atom stereocenters. The number of anilines is 1. The fourth-order valence-corrected chi connectivity index (χ4v) is 2.07. The Morgan fingerprint density at radius 1 is 1.21 bits per heavy atom. The zero-order valence-corrected chi connectivity index (χ0v) is 11.7. The second kappa shape index (κ2) is 5.22. The highest BCUT2D eigenvalue weighted by Crippen LogP contribution is 2.34. The monoisotopic (exact) mass is 261 g/mol. The summed E-state index contributed by atoms with van der Waals surface area (Å²) < 4.78 is 12.4. The standard InChI is InChI=1S/C14H19N3O2/c1-5-12-16-13(14(15)17(12)2)9-6-7-10(18-3)11(8-9)19-4/h6-8H,5,15H2,1-4H3. The van der Waals surface area contributed by atoms with E-state index in [1.165, 1.54) is 0 Å². The Morgan fingerprint density at radius 3 is 2.42 bits per heavy atom. The molecule has 0 aliphatic rings. The quantitative estimate of drug-likeness (QED) is 0.917. The number of nitrogens with two attached hydrogens (primary N) is 1. The highest BCUT2D eigenvalue weighted by atomic mass is 16.5. The fraction of sp³-hybridized carbons (Fsp3) is 0.357. The maximum atomic E-state index is 6.10. The average molecular weight is 261 g/mol. The summed E-state index contributed by atoms with van der Waals surface area (Å²) in [6.45, 7) is 2.06. The number of hydrogen-bond acceptors (Lipinski definition) is 4. The van der Waals surface area contributed by atoms with Crippen molar-refractivity contribution >= 4 is 5.82 Å². The second-order valence-electron chi connectivity index (χ2n) is 4.24. The Labute approximate surface area is 113 Å². The second-order valence-corrected chi connectivity index (χ2v) is 4.24. The molecule has 2 N–H and O–H groups in total. The molecule has 1 aromatic carbocycles. The van der Waals surface area contributed by atoms with Gasteiger partial charge in [0.2, 0.25) is 0 Å². The van der Waals surface area contributed by atoms with Crippen LogP contribution in [0.1, 0.15) is 12.7 Å². The largest absolute Gasteiger partial charge is 0.493 e. The fourth-order valence-electron chi connectivity index (χ4n) is 2.07. The first-order valence-electron chi connectivity index (χ1n) is 6.15. The Kier molecular flexibility index (Phi) is 3.64. The van der Waals surface area contributed by atoms with E-state index in [0.717, 1.165) is 23.5 Å². The molecule has 1 heterocycles. The van der Waals surface area contributed by atoms with Gasteiger partial charge >= 0.3 is 0 Å². The van der Waals surface area contributed by atoms with Gasteiger partial charge in [0.1, 0.15) is 17.3 Å². The molecule has 0 aliphatic carbocycles. The molecule has 0 bridgehead atoms. The van der Waals surface area contributed by atoms with E-state index < -0.39 is 0 Å². The highest BCUT2D eigenvalue weighted by molar-refractivity contribution is 5.73. The Morgan fingerprint density at radius 2 is 1.89 bits per heavy atom. The van der Waals surface area contributed by atoms with E-state index in [4.69, 9.17) is 15.2 Å². The molecule has 0 saturated heterocycles. The lowest BCUT2D eigenvalue weighted by Gasteiger charge is -2.08.